The van der Waals surface area contributed by atoms with E-state index in [4.69, 9.17) is 0 Å². The molecule has 0 aromatic carbocycles. The number of hydrogen-bond acceptors (Lipinski definition) is 2. The first-order valence-electron chi connectivity index (χ1n) is 3.62. The summed E-state index contributed by atoms with van der Waals surface area (Å²) >= 11 is 0. The Labute approximate surface area is 56.0 Å². The van der Waals surface area contributed by atoms with Crippen molar-refractivity contribution < 1.29 is 0 Å². The topological polar surface area (TPSA) is 24.1 Å². The highest BCUT2D eigenvalue weighted by atomic mass is 15.2. The van der Waals surface area contributed by atoms with E-state index in [1.165, 1.54) is 19.6 Å². The number of nitrogens with one attached hydrogen (secondary N) is 2. The van der Waals surface area contributed by atoms with Crippen LogP contribution in [0.25, 0.3) is 0 Å². The molecule has 2 fully saturated rings. The lowest BCUT2D eigenvalue weighted by atomic mass is 9.62. The standard InChI is InChI=1S/C7H14N2/c1-6(2)3-9-7(6)4-8-5-7/h8-9H,3-5H2,1-2H3. The second kappa shape index (κ2) is 1.32. The van der Waals surface area contributed by atoms with Crippen molar-refractivity contribution in [2.45, 2.75) is 19.4 Å². The maximum atomic E-state index is 3.49. The third-order valence-corrected chi connectivity index (χ3v) is 3.02. The molecule has 0 amide bonds. The van der Waals surface area contributed by atoms with Crippen LogP contribution in [0.15, 0.2) is 0 Å². The summed E-state index contributed by atoms with van der Waals surface area (Å²) < 4.78 is 0. The SMILES string of the molecule is CC1(C)CNC12CNC2. The molecule has 2 rings (SSSR count). The summed E-state index contributed by atoms with van der Waals surface area (Å²) in [5.74, 6) is 0. The lowest BCUT2D eigenvalue weighted by Gasteiger charge is -2.62. The Hall–Kier alpha value is -0.0800. The first-order chi connectivity index (χ1) is 4.16. The fourth-order valence-electron chi connectivity index (χ4n) is 1.67. The van der Waals surface area contributed by atoms with Crippen molar-refractivity contribution >= 4 is 0 Å². The Bertz CT molecular complexity index is 130. The monoisotopic (exact) mass is 126 g/mol. The summed E-state index contributed by atoms with van der Waals surface area (Å²) in [7, 11) is 0. The van der Waals surface area contributed by atoms with Crippen LogP contribution >= 0.6 is 0 Å². The molecule has 1 spiro atoms. The Kier molecular flexibility index (Phi) is 0.837. The van der Waals surface area contributed by atoms with Crippen LogP contribution in [0.3, 0.4) is 0 Å². The molecule has 2 nitrogen and oxygen atoms in total. The summed E-state index contributed by atoms with van der Waals surface area (Å²) in [5, 5.41) is 6.78. The van der Waals surface area contributed by atoms with Crippen molar-refractivity contribution in [2.24, 2.45) is 5.41 Å². The fraction of sp³-hybridized carbons (Fsp3) is 1.00. The van der Waals surface area contributed by atoms with Gasteiger partial charge >= 0.3 is 0 Å². The molecule has 2 N–H and O–H groups in total. The lowest BCUT2D eigenvalue weighted by molar-refractivity contribution is -0.0273. The van der Waals surface area contributed by atoms with E-state index < -0.39 is 0 Å². The Morgan fingerprint density at radius 2 is 1.78 bits per heavy atom. The summed E-state index contributed by atoms with van der Waals surface area (Å²) in [6.07, 6.45) is 0. The third-order valence-electron chi connectivity index (χ3n) is 3.02. The molecular weight excluding hydrogens is 112 g/mol. The van der Waals surface area contributed by atoms with Crippen molar-refractivity contribution in [2.75, 3.05) is 19.6 Å². The average molecular weight is 126 g/mol. The molecule has 52 valence electrons. The van der Waals surface area contributed by atoms with Gasteiger partial charge in [-0.1, -0.05) is 13.8 Å². The van der Waals surface area contributed by atoms with Crippen LogP contribution in [0.2, 0.25) is 0 Å². The summed E-state index contributed by atoms with van der Waals surface area (Å²) in [6.45, 7) is 8.20. The molecule has 2 aliphatic rings. The highest BCUT2D eigenvalue weighted by Crippen LogP contribution is 2.40. The zero-order valence-electron chi connectivity index (χ0n) is 6.12. The van der Waals surface area contributed by atoms with E-state index in [1.807, 2.05) is 0 Å². The minimum atomic E-state index is 0.479. The van der Waals surface area contributed by atoms with Gasteiger partial charge < -0.3 is 10.6 Å². The largest absolute Gasteiger partial charge is 0.313 e. The third kappa shape index (κ3) is 0.485. The van der Waals surface area contributed by atoms with E-state index in [0.717, 1.165) is 0 Å². The number of hydrogen-bond donors (Lipinski definition) is 2. The van der Waals surface area contributed by atoms with Crippen molar-refractivity contribution in [3.05, 3.63) is 0 Å². The van der Waals surface area contributed by atoms with Crippen LogP contribution in [-0.2, 0) is 0 Å². The van der Waals surface area contributed by atoms with Gasteiger partial charge in [-0.15, -0.1) is 0 Å². The van der Waals surface area contributed by atoms with Crippen molar-refractivity contribution in [1.82, 2.24) is 10.6 Å². The van der Waals surface area contributed by atoms with Gasteiger partial charge in [0.05, 0.1) is 0 Å². The molecule has 0 bridgehead atoms. The van der Waals surface area contributed by atoms with Gasteiger partial charge in [-0.2, -0.15) is 0 Å². The zero-order valence-corrected chi connectivity index (χ0v) is 6.12. The minimum absolute atomic E-state index is 0.479. The average Bonchev–Trinajstić information content (AvgIpc) is 1.59. The molecular formula is C7H14N2. The van der Waals surface area contributed by atoms with Crippen molar-refractivity contribution in [1.29, 1.82) is 0 Å². The molecule has 2 heterocycles. The highest BCUT2D eigenvalue weighted by Gasteiger charge is 2.56. The van der Waals surface area contributed by atoms with Gasteiger partial charge in [-0.3, -0.25) is 0 Å². The van der Waals surface area contributed by atoms with E-state index in [-0.39, 0.29) is 0 Å². The van der Waals surface area contributed by atoms with Crippen LogP contribution in [-0.4, -0.2) is 25.2 Å². The Balaban J connectivity index is 2.13. The first kappa shape index (κ1) is 5.69. The van der Waals surface area contributed by atoms with Gasteiger partial charge in [-0.05, 0) is 5.41 Å². The number of rotatable bonds is 0. The Morgan fingerprint density at radius 1 is 1.11 bits per heavy atom. The molecule has 2 heteroatoms. The van der Waals surface area contributed by atoms with Gasteiger partial charge in [0, 0.05) is 25.2 Å². The van der Waals surface area contributed by atoms with Gasteiger partial charge in [0.1, 0.15) is 0 Å². The van der Waals surface area contributed by atoms with Gasteiger partial charge in [0.15, 0.2) is 0 Å². The zero-order chi connectivity index (χ0) is 6.54. The molecule has 0 aromatic rings. The Morgan fingerprint density at radius 3 is 1.78 bits per heavy atom. The predicted molar refractivity (Wildman–Crippen MR) is 37.4 cm³/mol. The maximum Gasteiger partial charge on any atom is 0.0496 e. The molecule has 9 heavy (non-hydrogen) atoms. The first-order valence-corrected chi connectivity index (χ1v) is 3.62. The molecule has 0 radical (unpaired) electrons. The molecule has 0 atom stereocenters. The van der Waals surface area contributed by atoms with Gasteiger partial charge in [0.2, 0.25) is 0 Å². The van der Waals surface area contributed by atoms with Gasteiger partial charge in [0.25, 0.3) is 0 Å². The molecule has 0 saturated carbocycles. The van der Waals surface area contributed by atoms with Crippen LogP contribution in [0.4, 0.5) is 0 Å². The quantitative estimate of drug-likeness (QED) is 0.476. The minimum Gasteiger partial charge on any atom is -0.313 e. The van der Waals surface area contributed by atoms with E-state index in [9.17, 15) is 0 Å². The summed E-state index contributed by atoms with van der Waals surface area (Å²) in [6, 6.07) is 0. The molecule has 0 aliphatic carbocycles. The predicted octanol–water partition coefficient (Wildman–Crippen LogP) is -0.0422. The highest BCUT2D eigenvalue weighted by molar-refractivity contribution is 5.17. The molecule has 0 aromatic heterocycles. The summed E-state index contributed by atoms with van der Waals surface area (Å²) in [5.41, 5.74) is 1.02. The van der Waals surface area contributed by atoms with E-state index >= 15 is 0 Å². The van der Waals surface area contributed by atoms with Crippen LogP contribution in [0.5, 0.6) is 0 Å². The maximum absolute atomic E-state index is 3.49. The van der Waals surface area contributed by atoms with E-state index in [0.29, 0.717) is 11.0 Å². The van der Waals surface area contributed by atoms with Crippen LogP contribution < -0.4 is 10.6 Å². The lowest BCUT2D eigenvalue weighted by Crippen LogP contribution is -2.83. The second-order valence-electron chi connectivity index (χ2n) is 3.92. The van der Waals surface area contributed by atoms with Crippen molar-refractivity contribution in [3.8, 4) is 0 Å². The fourth-order valence-corrected chi connectivity index (χ4v) is 1.67. The van der Waals surface area contributed by atoms with Crippen molar-refractivity contribution in [3.63, 3.8) is 0 Å². The van der Waals surface area contributed by atoms with E-state index in [2.05, 4.69) is 24.5 Å². The molecule has 0 unspecified atom stereocenters. The van der Waals surface area contributed by atoms with Gasteiger partial charge in [-0.25, -0.2) is 0 Å². The smallest absolute Gasteiger partial charge is 0.0496 e. The molecule has 2 aliphatic heterocycles. The summed E-state index contributed by atoms with van der Waals surface area (Å²) in [4.78, 5) is 0. The van der Waals surface area contributed by atoms with Crippen LogP contribution in [0, 0.1) is 5.41 Å². The molecule has 2 saturated heterocycles. The van der Waals surface area contributed by atoms with E-state index in [1.54, 1.807) is 0 Å². The second-order valence-corrected chi connectivity index (χ2v) is 3.92. The van der Waals surface area contributed by atoms with Crippen LogP contribution in [0.1, 0.15) is 13.8 Å². The normalized spacial score (nSPS) is 35.3.